The number of aliphatic hydroxyl groups is 1. The van der Waals surface area contributed by atoms with Crippen molar-refractivity contribution in [2.24, 2.45) is 34.0 Å². The molecule has 0 unspecified atom stereocenters. The van der Waals surface area contributed by atoms with Crippen LogP contribution in [-0.4, -0.2) is 21.8 Å². The minimum atomic E-state index is -0.587. The van der Waals surface area contributed by atoms with Crippen LogP contribution < -0.4 is 0 Å². The van der Waals surface area contributed by atoms with Gasteiger partial charge in [0.15, 0.2) is 0 Å². The molecule has 7 atom stereocenters. The van der Waals surface area contributed by atoms with Crippen molar-refractivity contribution in [3.63, 3.8) is 0 Å². The molecule has 4 aliphatic carbocycles. The minimum absolute atomic E-state index is 0.148. The first kappa shape index (κ1) is 15.9. The van der Waals surface area contributed by atoms with E-state index in [9.17, 15) is 15.0 Å². The summed E-state index contributed by atoms with van der Waals surface area (Å²) in [4.78, 5) is 12.1. The number of fused-ring (bicyclic) bond motifs is 3. The molecule has 0 aromatic rings. The molecule has 2 bridgehead atoms. The van der Waals surface area contributed by atoms with E-state index in [0.29, 0.717) is 17.8 Å². The number of carbonyl (C=O) groups is 1. The fourth-order valence-electron chi connectivity index (χ4n) is 8.02. The summed E-state index contributed by atoms with van der Waals surface area (Å²) in [6.07, 6.45) is 9.38. The predicted octanol–water partition coefficient (Wildman–Crippen LogP) is 4.23. The van der Waals surface area contributed by atoms with Gasteiger partial charge in [-0.15, -0.1) is 0 Å². The molecule has 0 aromatic heterocycles. The van der Waals surface area contributed by atoms with Crippen LogP contribution in [0.2, 0.25) is 0 Å². The van der Waals surface area contributed by atoms with Crippen LogP contribution in [0.1, 0.15) is 78.6 Å². The summed E-state index contributed by atoms with van der Waals surface area (Å²) >= 11 is 0. The number of carboxylic acids is 1. The van der Waals surface area contributed by atoms with Crippen LogP contribution in [0.15, 0.2) is 0 Å². The summed E-state index contributed by atoms with van der Waals surface area (Å²) < 4.78 is 0. The first-order chi connectivity index (χ1) is 10.7. The molecule has 1 spiro atoms. The van der Waals surface area contributed by atoms with Crippen molar-refractivity contribution >= 4 is 5.97 Å². The summed E-state index contributed by atoms with van der Waals surface area (Å²) in [5.41, 5.74) is -0.555. The molecule has 4 saturated carbocycles. The fraction of sp³-hybridized carbons (Fsp3) is 0.950. The topological polar surface area (TPSA) is 57.5 Å². The van der Waals surface area contributed by atoms with Crippen LogP contribution in [0.25, 0.3) is 0 Å². The molecule has 23 heavy (non-hydrogen) atoms. The highest BCUT2D eigenvalue weighted by molar-refractivity contribution is 5.75. The van der Waals surface area contributed by atoms with E-state index in [0.717, 1.165) is 51.4 Å². The molecule has 0 saturated heterocycles. The van der Waals surface area contributed by atoms with E-state index < -0.39 is 17.0 Å². The number of carboxylic acid groups (broad SMARTS) is 1. The van der Waals surface area contributed by atoms with Gasteiger partial charge in [0.25, 0.3) is 0 Å². The van der Waals surface area contributed by atoms with E-state index in [1.807, 2.05) is 6.92 Å². The van der Waals surface area contributed by atoms with E-state index in [2.05, 4.69) is 13.8 Å². The normalized spacial score (nSPS) is 58.3. The van der Waals surface area contributed by atoms with Crippen molar-refractivity contribution in [2.45, 2.75) is 84.2 Å². The molecular formula is C20H32O3. The van der Waals surface area contributed by atoms with E-state index in [-0.39, 0.29) is 10.8 Å². The van der Waals surface area contributed by atoms with E-state index in [4.69, 9.17) is 0 Å². The average Bonchev–Trinajstić information content (AvgIpc) is 2.63. The third-order valence-corrected chi connectivity index (χ3v) is 9.09. The van der Waals surface area contributed by atoms with Gasteiger partial charge in [0.1, 0.15) is 0 Å². The third-order valence-electron chi connectivity index (χ3n) is 9.09. The second-order valence-electron chi connectivity index (χ2n) is 10.0. The zero-order valence-electron chi connectivity index (χ0n) is 14.9. The molecule has 4 fully saturated rings. The molecule has 130 valence electrons. The molecule has 3 nitrogen and oxygen atoms in total. The van der Waals surface area contributed by atoms with Crippen molar-refractivity contribution in [1.82, 2.24) is 0 Å². The van der Waals surface area contributed by atoms with Gasteiger partial charge in [-0.25, -0.2) is 0 Å². The van der Waals surface area contributed by atoms with Gasteiger partial charge >= 0.3 is 5.97 Å². The summed E-state index contributed by atoms with van der Waals surface area (Å²) in [5, 5.41) is 20.9. The lowest BCUT2D eigenvalue weighted by atomic mass is 9.41. The maximum absolute atomic E-state index is 12.1. The zero-order chi connectivity index (χ0) is 16.7. The quantitative estimate of drug-likeness (QED) is 0.760. The van der Waals surface area contributed by atoms with Crippen molar-refractivity contribution in [3.8, 4) is 0 Å². The van der Waals surface area contributed by atoms with Crippen LogP contribution >= 0.6 is 0 Å². The van der Waals surface area contributed by atoms with E-state index >= 15 is 0 Å². The van der Waals surface area contributed by atoms with Crippen LogP contribution in [0.4, 0.5) is 0 Å². The summed E-state index contributed by atoms with van der Waals surface area (Å²) in [6, 6.07) is 0. The molecule has 0 radical (unpaired) electrons. The summed E-state index contributed by atoms with van der Waals surface area (Å²) in [7, 11) is 0. The second-order valence-corrected chi connectivity index (χ2v) is 10.0. The van der Waals surface area contributed by atoms with E-state index in [1.165, 1.54) is 6.42 Å². The number of hydrogen-bond acceptors (Lipinski definition) is 2. The molecular weight excluding hydrogens is 288 g/mol. The molecule has 0 amide bonds. The fourth-order valence-corrected chi connectivity index (χ4v) is 8.02. The van der Waals surface area contributed by atoms with Crippen LogP contribution in [-0.2, 0) is 4.79 Å². The maximum Gasteiger partial charge on any atom is 0.309 e. The minimum Gasteiger partial charge on any atom is -0.481 e. The maximum atomic E-state index is 12.1. The standard InChI is InChI=1S/C20H32O3/c1-13-11-19-9-5-14-17(2,7-4-8-18(14,3)16(21)22)15(19)6-10-20(13,23)12-19/h13-15,23H,4-12H2,1-3H3,(H,21,22)/t13-,14-,15-,17+,18+,19+,20-/m0/s1. The largest absolute Gasteiger partial charge is 0.481 e. The zero-order valence-corrected chi connectivity index (χ0v) is 14.9. The predicted molar refractivity (Wildman–Crippen MR) is 88.9 cm³/mol. The van der Waals surface area contributed by atoms with Crippen molar-refractivity contribution in [1.29, 1.82) is 0 Å². The Morgan fingerprint density at radius 2 is 1.74 bits per heavy atom. The summed E-state index contributed by atoms with van der Waals surface area (Å²) in [6.45, 7) is 6.64. The first-order valence-corrected chi connectivity index (χ1v) is 9.62. The summed E-state index contributed by atoms with van der Waals surface area (Å²) in [5.74, 6) is 0.732. The van der Waals surface area contributed by atoms with Crippen molar-refractivity contribution in [3.05, 3.63) is 0 Å². The Balaban J connectivity index is 1.74. The van der Waals surface area contributed by atoms with Gasteiger partial charge in [-0.05, 0) is 86.9 Å². The lowest BCUT2D eigenvalue weighted by Crippen LogP contribution is -2.59. The SMILES string of the molecule is C[C@H]1C[C@@]23CC[C@H]4[C@@](C)(CCC[C@@]4(C)C(=O)O)[C@@H]2CC[C@]1(O)C3. The smallest absolute Gasteiger partial charge is 0.309 e. The van der Waals surface area contributed by atoms with Crippen LogP contribution in [0.5, 0.6) is 0 Å². The van der Waals surface area contributed by atoms with Crippen LogP contribution in [0, 0.1) is 34.0 Å². The Labute approximate surface area is 139 Å². The lowest BCUT2D eigenvalue weighted by Gasteiger charge is -2.63. The first-order valence-electron chi connectivity index (χ1n) is 9.62. The monoisotopic (exact) mass is 320 g/mol. The molecule has 0 aliphatic heterocycles. The van der Waals surface area contributed by atoms with Gasteiger partial charge in [0.2, 0.25) is 0 Å². The highest BCUT2D eigenvalue weighted by atomic mass is 16.4. The lowest BCUT2D eigenvalue weighted by molar-refractivity contribution is -0.186. The second kappa shape index (κ2) is 4.53. The number of aliphatic carboxylic acids is 1. The molecule has 4 rings (SSSR count). The van der Waals surface area contributed by atoms with Gasteiger partial charge in [-0.2, -0.15) is 0 Å². The van der Waals surface area contributed by atoms with Crippen molar-refractivity contribution in [2.75, 3.05) is 0 Å². The number of hydrogen-bond donors (Lipinski definition) is 2. The molecule has 3 heteroatoms. The molecule has 0 heterocycles. The van der Waals surface area contributed by atoms with Crippen molar-refractivity contribution < 1.29 is 15.0 Å². The Morgan fingerprint density at radius 3 is 2.43 bits per heavy atom. The average molecular weight is 320 g/mol. The Morgan fingerprint density at radius 1 is 1.04 bits per heavy atom. The number of rotatable bonds is 1. The van der Waals surface area contributed by atoms with Gasteiger partial charge in [0.05, 0.1) is 11.0 Å². The molecule has 4 aliphatic rings. The molecule has 0 aromatic carbocycles. The van der Waals surface area contributed by atoms with Gasteiger partial charge in [-0.3, -0.25) is 4.79 Å². The van der Waals surface area contributed by atoms with Gasteiger partial charge in [-0.1, -0.05) is 20.3 Å². The molecule has 2 N–H and O–H groups in total. The van der Waals surface area contributed by atoms with Gasteiger partial charge < -0.3 is 10.2 Å². The Kier molecular flexibility index (Phi) is 3.14. The van der Waals surface area contributed by atoms with Crippen LogP contribution in [0.3, 0.4) is 0 Å². The Hall–Kier alpha value is -0.570. The Bertz CT molecular complexity index is 545. The third kappa shape index (κ3) is 1.83. The highest BCUT2D eigenvalue weighted by Gasteiger charge is 2.68. The van der Waals surface area contributed by atoms with Gasteiger partial charge in [0, 0.05) is 0 Å². The van der Waals surface area contributed by atoms with E-state index in [1.54, 1.807) is 0 Å². The highest BCUT2D eigenvalue weighted by Crippen LogP contribution is 2.72.